The van der Waals surface area contributed by atoms with Gasteiger partial charge in [0.2, 0.25) is 0 Å². The van der Waals surface area contributed by atoms with Crippen molar-refractivity contribution in [2.45, 2.75) is 12.4 Å². The number of carboxylic acid groups (broad SMARTS) is 1. The fourth-order valence-corrected chi connectivity index (χ4v) is 2.55. The molecule has 0 aliphatic carbocycles. The number of alkyl halides is 3. The number of rotatable bonds is 5. The fraction of sp³-hybridized carbons (Fsp3) is 0.111. The van der Waals surface area contributed by atoms with E-state index >= 15 is 0 Å². The van der Waals surface area contributed by atoms with Gasteiger partial charge >= 0.3 is 18.2 Å². The largest absolute Gasteiger partial charge is 0.573 e. The molecule has 1 N–H and O–H groups in total. The molecule has 0 bridgehead atoms. The van der Waals surface area contributed by atoms with E-state index in [4.69, 9.17) is 18.0 Å². The quantitative estimate of drug-likeness (QED) is 0.773. The molecule has 2 rings (SSSR count). The van der Waals surface area contributed by atoms with Crippen molar-refractivity contribution >= 4 is 29.2 Å². The highest BCUT2D eigenvalue weighted by Crippen LogP contribution is 2.36. The van der Waals surface area contributed by atoms with E-state index in [1.54, 1.807) is 18.2 Å². The third kappa shape index (κ3) is 4.92. The molecule has 27 heavy (non-hydrogen) atoms. The Labute approximate surface area is 156 Å². The van der Waals surface area contributed by atoms with Crippen LogP contribution in [-0.2, 0) is 9.59 Å². The summed E-state index contributed by atoms with van der Waals surface area (Å²) in [5.41, 5.74) is 0.133. The summed E-state index contributed by atoms with van der Waals surface area (Å²) in [6.07, 6.45) is 0.172. The van der Waals surface area contributed by atoms with Crippen LogP contribution in [0.25, 0.3) is 0 Å². The number of terminal acetylenes is 1. The molecule has 0 saturated heterocycles. The van der Waals surface area contributed by atoms with E-state index in [2.05, 4.69) is 4.74 Å². The van der Waals surface area contributed by atoms with Gasteiger partial charge in [-0.3, -0.25) is 9.69 Å². The number of aliphatic carboxylic acids is 1. The van der Waals surface area contributed by atoms with E-state index in [9.17, 15) is 27.9 Å². The first kappa shape index (κ1) is 20.1. The van der Waals surface area contributed by atoms with Crippen molar-refractivity contribution in [3.8, 4) is 18.1 Å². The molecule has 0 aromatic heterocycles. The van der Waals surface area contributed by atoms with Gasteiger partial charge in [0.25, 0.3) is 0 Å². The van der Waals surface area contributed by atoms with Gasteiger partial charge in [-0.2, -0.15) is 0 Å². The zero-order valence-corrected chi connectivity index (χ0v) is 14.2. The van der Waals surface area contributed by atoms with Gasteiger partial charge in [0, 0.05) is 5.69 Å². The number of amides is 1. The second-order valence-corrected chi connectivity index (χ2v) is 5.54. The number of hydrogen-bond donors (Lipinski definition) is 1. The van der Waals surface area contributed by atoms with Crippen LogP contribution in [0.4, 0.5) is 18.9 Å². The molecule has 0 spiro atoms. The standard InChI is InChI=1S/C18H11ClF3NO4/c1-2-15(24)23(16(17(25)26)11-6-4-3-5-7-11)12-8-9-14(13(19)10-12)27-18(20,21)22/h1,3-10,16H,(H,25,26). The molecular formula is C18H11ClF3NO4. The van der Waals surface area contributed by atoms with Gasteiger partial charge in [-0.05, 0) is 29.7 Å². The average molecular weight is 398 g/mol. The number of halogens is 4. The van der Waals surface area contributed by atoms with Crippen LogP contribution in [0.5, 0.6) is 5.75 Å². The zero-order valence-electron chi connectivity index (χ0n) is 13.4. The lowest BCUT2D eigenvalue weighted by Gasteiger charge is -2.28. The lowest BCUT2D eigenvalue weighted by molar-refractivity contribution is -0.274. The highest BCUT2D eigenvalue weighted by atomic mass is 35.5. The van der Waals surface area contributed by atoms with Crippen molar-refractivity contribution in [2.24, 2.45) is 0 Å². The van der Waals surface area contributed by atoms with E-state index in [1.807, 2.05) is 5.92 Å². The van der Waals surface area contributed by atoms with Crippen LogP contribution in [0.15, 0.2) is 48.5 Å². The minimum absolute atomic E-state index is 0.103. The molecule has 9 heteroatoms. The average Bonchev–Trinajstić information content (AvgIpc) is 2.60. The maximum Gasteiger partial charge on any atom is 0.573 e. The number of nitrogens with zero attached hydrogens (tertiary/aromatic N) is 1. The Balaban J connectivity index is 2.54. The maximum absolute atomic E-state index is 12.4. The van der Waals surface area contributed by atoms with Gasteiger partial charge in [0.05, 0.1) is 5.02 Å². The van der Waals surface area contributed by atoms with Crippen molar-refractivity contribution in [2.75, 3.05) is 4.90 Å². The molecule has 1 amide bonds. The second kappa shape index (κ2) is 8.01. The van der Waals surface area contributed by atoms with Gasteiger partial charge in [-0.15, -0.1) is 19.6 Å². The van der Waals surface area contributed by atoms with Gasteiger partial charge in [0.15, 0.2) is 6.04 Å². The molecule has 2 aromatic carbocycles. The Bertz CT molecular complexity index is 894. The normalized spacial score (nSPS) is 12.0. The first-order valence-corrected chi connectivity index (χ1v) is 7.64. The zero-order chi connectivity index (χ0) is 20.2. The van der Waals surface area contributed by atoms with Crippen molar-refractivity contribution in [1.82, 2.24) is 0 Å². The molecule has 0 aliphatic rings. The molecule has 1 atom stereocenters. The summed E-state index contributed by atoms with van der Waals surface area (Å²) < 4.78 is 40.9. The summed E-state index contributed by atoms with van der Waals surface area (Å²) in [7, 11) is 0. The summed E-state index contributed by atoms with van der Waals surface area (Å²) >= 11 is 5.80. The summed E-state index contributed by atoms with van der Waals surface area (Å²) in [5.74, 6) is -1.29. The Morgan fingerprint density at radius 2 is 1.81 bits per heavy atom. The SMILES string of the molecule is C#CC(=O)N(c1ccc(OC(F)(F)F)c(Cl)c1)C(C(=O)O)c1ccccc1. The Morgan fingerprint density at radius 1 is 1.19 bits per heavy atom. The van der Waals surface area contributed by atoms with Crippen molar-refractivity contribution in [3.05, 3.63) is 59.1 Å². The number of carbonyl (C=O) groups excluding carboxylic acids is 1. The Kier molecular flexibility index (Phi) is 5.98. The third-order valence-electron chi connectivity index (χ3n) is 3.37. The minimum Gasteiger partial charge on any atom is -0.479 e. The number of anilines is 1. The molecule has 5 nitrogen and oxygen atoms in total. The first-order valence-electron chi connectivity index (χ1n) is 7.27. The Morgan fingerprint density at radius 3 is 2.30 bits per heavy atom. The smallest absolute Gasteiger partial charge is 0.479 e. The van der Waals surface area contributed by atoms with Crippen molar-refractivity contribution in [1.29, 1.82) is 0 Å². The van der Waals surface area contributed by atoms with Gasteiger partial charge in [-0.1, -0.05) is 41.9 Å². The summed E-state index contributed by atoms with van der Waals surface area (Å²) in [6, 6.07) is 9.10. The second-order valence-electron chi connectivity index (χ2n) is 5.13. The predicted molar refractivity (Wildman–Crippen MR) is 91.3 cm³/mol. The third-order valence-corrected chi connectivity index (χ3v) is 3.66. The minimum atomic E-state index is -4.97. The number of carbonyl (C=O) groups is 2. The fourth-order valence-electron chi connectivity index (χ4n) is 2.34. The molecule has 0 heterocycles. The topological polar surface area (TPSA) is 66.8 Å². The molecule has 0 saturated carbocycles. The number of carboxylic acids is 1. The molecule has 0 aliphatic heterocycles. The van der Waals surface area contributed by atoms with Crippen LogP contribution < -0.4 is 9.64 Å². The van der Waals surface area contributed by atoms with Crippen LogP contribution >= 0.6 is 11.6 Å². The molecule has 1 unspecified atom stereocenters. The highest BCUT2D eigenvalue weighted by molar-refractivity contribution is 6.32. The van der Waals surface area contributed by atoms with Gasteiger partial charge in [-0.25, -0.2) is 4.79 Å². The van der Waals surface area contributed by atoms with E-state index in [0.29, 0.717) is 0 Å². The lowest BCUT2D eigenvalue weighted by Crippen LogP contribution is -2.38. The van der Waals surface area contributed by atoms with Crippen molar-refractivity contribution in [3.63, 3.8) is 0 Å². The maximum atomic E-state index is 12.4. The lowest BCUT2D eigenvalue weighted by atomic mass is 10.0. The molecule has 0 fully saturated rings. The summed E-state index contributed by atoms with van der Waals surface area (Å²) in [4.78, 5) is 24.8. The molecule has 140 valence electrons. The van der Waals surface area contributed by atoms with Crippen LogP contribution in [-0.4, -0.2) is 23.3 Å². The number of ether oxygens (including phenoxy) is 1. The van der Waals surface area contributed by atoms with Crippen LogP contribution in [0, 0.1) is 12.3 Å². The van der Waals surface area contributed by atoms with Crippen LogP contribution in [0.3, 0.4) is 0 Å². The predicted octanol–water partition coefficient (Wildman–Crippen LogP) is 4.03. The highest BCUT2D eigenvalue weighted by Gasteiger charge is 2.34. The molecule has 2 aromatic rings. The molecule has 0 radical (unpaired) electrons. The summed E-state index contributed by atoms with van der Waals surface area (Å²) in [5, 5.41) is 9.14. The van der Waals surface area contributed by atoms with E-state index in [0.717, 1.165) is 23.1 Å². The first-order chi connectivity index (χ1) is 12.6. The van der Waals surface area contributed by atoms with Gasteiger partial charge in [0.1, 0.15) is 5.75 Å². The number of hydrogen-bond acceptors (Lipinski definition) is 3. The van der Waals surface area contributed by atoms with Crippen molar-refractivity contribution < 1.29 is 32.6 Å². The monoisotopic (exact) mass is 397 g/mol. The summed E-state index contributed by atoms with van der Waals surface area (Å²) in [6.45, 7) is 0. The van der Waals surface area contributed by atoms with E-state index in [1.165, 1.54) is 12.1 Å². The molecular weight excluding hydrogens is 387 g/mol. The van der Waals surface area contributed by atoms with E-state index in [-0.39, 0.29) is 11.3 Å². The van der Waals surface area contributed by atoms with Crippen LogP contribution in [0.1, 0.15) is 11.6 Å². The van der Waals surface area contributed by atoms with Crippen LogP contribution in [0.2, 0.25) is 5.02 Å². The van der Waals surface area contributed by atoms with Gasteiger partial charge < -0.3 is 9.84 Å². The number of benzene rings is 2. The Hall–Kier alpha value is -3.18. The van der Waals surface area contributed by atoms with E-state index < -0.39 is 35.1 Å².